The summed E-state index contributed by atoms with van der Waals surface area (Å²) >= 11 is 0. The summed E-state index contributed by atoms with van der Waals surface area (Å²) in [5.74, 6) is 0.664. The van der Waals surface area contributed by atoms with Crippen LogP contribution in [0.4, 0.5) is 0 Å². The standard InChI is InChI=1S/C14H20N4OSi/c1-5-12-15-16-13(11-9-7-6-8-10-11)14(19)18(12)17-20(2,3)4/h6-10,17H,5H2,1-4H3. The fourth-order valence-corrected chi connectivity index (χ4v) is 2.78. The molecule has 0 saturated heterocycles. The summed E-state index contributed by atoms with van der Waals surface area (Å²) in [5, 5.41) is 11.6. The van der Waals surface area contributed by atoms with Crippen LogP contribution in [0.2, 0.25) is 19.6 Å². The van der Waals surface area contributed by atoms with Gasteiger partial charge < -0.3 is 5.09 Å². The van der Waals surface area contributed by atoms with E-state index in [0.29, 0.717) is 17.9 Å². The molecular formula is C14H20N4OSi. The molecule has 6 heteroatoms. The first-order valence-electron chi connectivity index (χ1n) is 6.74. The van der Waals surface area contributed by atoms with E-state index >= 15 is 0 Å². The molecule has 0 aliphatic carbocycles. The Morgan fingerprint density at radius 1 is 1.15 bits per heavy atom. The largest absolute Gasteiger partial charge is 0.348 e. The Hall–Kier alpha value is -1.95. The first-order valence-corrected chi connectivity index (χ1v) is 10.2. The van der Waals surface area contributed by atoms with E-state index in [4.69, 9.17) is 0 Å². The number of rotatable bonds is 4. The summed E-state index contributed by atoms with van der Waals surface area (Å²) in [4.78, 5) is 12.6. The number of aromatic nitrogens is 3. The first-order chi connectivity index (χ1) is 9.42. The average Bonchev–Trinajstić information content (AvgIpc) is 2.40. The van der Waals surface area contributed by atoms with Crippen molar-refractivity contribution < 1.29 is 0 Å². The lowest BCUT2D eigenvalue weighted by atomic mass is 10.2. The van der Waals surface area contributed by atoms with Gasteiger partial charge in [-0.1, -0.05) is 56.9 Å². The fourth-order valence-electron chi connectivity index (χ4n) is 1.88. The van der Waals surface area contributed by atoms with Gasteiger partial charge in [0.1, 0.15) is 0 Å². The third kappa shape index (κ3) is 3.13. The molecule has 0 fully saturated rings. The Labute approximate surface area is 119 Å². The molecule has 0 unspecified atom stereocenters. The molecule has 0 spiro atoms. The van der Waals surface area contributed by atoms with Crippen LogP contribution in [-0.2, 0) is 6.42 Å². The molecule has 2 aromatic rings. The minimum absolute atomic E-state index is 0.134. The Morgan fingerprint density at radius 3 is 2.35 bits per heavy atom. The molecule has 0 aliphatic heterocycles. The monoisotopic (exact) mass is 288 g/mol. The van der Waals surface area contributed by atoms with Crippen molar-refractivity contribution in [2.45, 2.75) is 33.0 Å². The third-order valence-electron chi connectivity index (χ3n) is 2.74. The second-order valence-corrected chi connectivity index (χ2v) is 10.4. The van der Waals surface area contributed by atoms with E-state index in [-0.39, 0.29) is 5.56 Å². The maximum absolute atomic E-state index is 12.6. The topological polar surface area (TPSA) is 59.8 Å². The second-order valence-electron chi connectivity index (χ2n) is 5.69. The van der Waals surface area contributed by atoms with Crippen LogP contribution in [0.15, 0.2) is 35.1 Å². The van der Waals surface area contributed by atoms with Crippen LogP contribution < -0.4 is 10.7 Å². The minimum atomic E-state index is -1.66. The van der Waals surface area contributed by atoms with Gasteiger partial charge >= 0.3 is 0 Å². The summed E-state index contributed by atoms with van der Waals surface area (Å²) in [5.41, 5.74) is 1.04. The normalized spacial score (nSPS) is 11.4. The van der Waals surface area contributed by atoms with Crippen LogP contribution in [0.25, 0.3) is 11.3 Å². The van der Waals surface area contributed by atoms with E-state index in [9.17, 15) is 4.79 Å². The Kier molecular flexibility index (Phi) is 4.03. The number of hydrogen-bond donors (Lipinski definition) is 1. The van der Waals surface area contributed by atoms with E-state index in [0.717, 1.165) is 5.56 Å². The second kappa shape index (κ2) is 5.58. The van der Waals surface area contributed by atoms with E-state index < -0.39 is 8.24 Å². The number of nitrogens with zero attached hydrogens (tertiary/aromatic N) is 3. The van der Waals surface area contributed by atoms with E-state index in [1.165, 1.54) is 0 Å². The van der Waals surface area contributed by atoms with Crippen molar-refractivity contribution in [3.05, 3.63) is 46.5 Å². The van der Waals surface area contributed by atoms with Gasteiger partial charge in [-0.15, -0.1) is 10.2 Å². The summed E-state index contributed by atoms with van der Waals surface area (Å²) in [6, 6.07) is 9.43. The highest BCUT2D eigenvalue weighted by atomic mass is 28.3. The highest BCUT2D eigenvalue weighted by Gasteiger charge is 2.19. The molecule has 0 atom stereocenters. The molecule has 106 valence electrons. The molecule has 20 heavy (non-hydrogen) atoms. The average molecular weight is 288 g/mol. The van der Waals surface area contributed by atoms with Crippen LogP contribution in [-0.4, -0.2) is 23.1 Å². The van der Waals surface area contributed by atoms with Crippen molar-refractivity contribution in [3.8, 4) is 11.3 Å². The van der Waals surface area contributed by atoms with Gasteiger partial charge in [0.2, 0.25) is 0 Å². The van der Waals surface area contributed by atoms with Gasteiger partial charge in [0.15, 0.2) is 19.8 Å². The van der Waals surface area contributed by atoms with E-state index in [2.05, 4.69) is 34.9 Å². The lowest BCUT2D eigenvalue weighted by Crippen LogP contribution is -2.46. The quantitative estimate of drug-likeness (QED) is 0.877. The zero-order chi connectivity index (χ0) is 14.8. The van der Waals surface area contributed by atoms with Crippen LogP contribution in [0.5, 0.6) is 0 Å². The van der Waals surface area contributed by atoms with Crippen molar-refractivity contribution in [1.82, 2.24) is 14.9 Å². The van der Waals surface area contributed by atoms with Gasteiger partial charge in [-0.3, -0.25) is 4.79 Å². The lowest BCUT2D eigenvalue weighted by Gasteiger charge is -2.23. The van der Waals surface area contributed by atoms with Gasteiger partial charge in [-0.05, 0) is 0 Å². The lowest BCUT2D eigenvalue weighted by molar-refractivity contribution is 0.726. The van der Waals surface area contributed by atoms with Crippen molar-refractivity contribution in [3.63, 3.8) is 0 Å². The Bertz CT molecular complexity index is 646. The number of aryl methyl sites for hydroxylation is 1. The molecule has 5 nitrogen and oxygen atoms in total. The van der Waals surface area contributed by atoms with Crippen molar-refractivity contribution in [1.29, 1.82) is 0 Å². The van der Waals surface area contributed by atoms with Crippen molar-refractivity contribution in [2.75, 3.05) is 5.09 Å². The van der Waals surface area contributed by atoms with Crippen molar-refractivity contribution >= 4 is 8.24 Å². The molecule has 0 amide bonds. The predicted molar refractivity (Wildman–Crippen MR) is 83.8 cm³/mol. The first kappa shape index (κ1) is 14.5. The molecule has 1 aromatic carbocycles. The highest BCUT2D eigenvalue weighted by Crippen LogP contribution is 2.11. The van der Waals surface area contributed by atoms with Crippen LogP contribution in [0.1, 0.15) is 12.7 Å². The minimum Gasteiger partial charge on any atom is -0.348 e. The summed E-state index contributed by atoms with van der Waals surface area (Å²) in [6.45, 7) is 8.39. The van der Waals surface area contributed by atoms with Crippen molar-refractivity contribution in [2.24, 2.45) is 0 Å². The molecule has 0 saturated carbocycles. The highest BCUT2D eigenvalue weighted by molar-refractivity contribution is 6.77. The Balaban J connectivity index is 2.58. The number of nitrogens with one attached hydrogen (secondary N) is 1. The number of benzene rings is 1. The predicted octanol–water partition coefficient (Wildman–Crippen LogP) is 2.25. The molecule has 0 aliphatic rings. The third-order valence-corrected chi connectivity index (χ3v) is 3.63. The maximum atomic E-state index is 12.6. The molecular weight excluding hydrogens is 268 g/mol. The van der Waals surface area contributed by atoms with Gasteiger partial charge in [0, 0.05) is 12.0 Å². The van der Waals surface area contributed by atoms with Gasteiger partial charge in [0.25, 0.3) is 5.56 Å². The van der Waals surface area contributed by atoms with E-state index in [1.807, 2.05) is 37.3 Å². The summed E-state index contributed by atoms with van der Waals surface area (Å²) < 4.78 is 1.57. The summed E-state index contributed by atoms with van der Waals surface area (Å²) in [6.07, 6.45) is 0.661. The summed E-state index contributed by atoms with van der Waals surface area (Å²) in [7, 11) is -1.66. The molecule has 1 N–H and O–H groups in total. The van der Waals surface area contributed by atoms with Gasteiger partial charge in [-0.2, -0.15) is 0 Å². The molecule has 1 aromatic heterocycles. The van der Waals surface area contributed by atoms with Crippen LogP contribution >= 0.6 is 0 Å². The SMILES string of the molecule is CCc1nnc(-c2ccccc2)c(=O)n1N[Si](C)(C)C. The Morgan fingerprint density at radius 2 is 1.80 bits per heavy atom. The zero-order valence-corrected chi connectivity index (χ0v) is 13.3. The zero-order valence-electron chi connectivity index (χ0n) is 12.3. The molecule has 0 bridgehead atoms. The number of hydrogen-bond acceptors (Lipinski definition) is 4. The van der Waals surface area contributed by atoms with Crippen LogP contribution in [0.3, 0.4) is 0 Å². The fraction of sp³-hybridized carbons (Fsp3) is 0.357. The van der Waals surface area contributed by atoms with Gasteiger partial charge in [0.05, 0.1) is 0 Å². The maximum Gasteiger partial charge on any atom is 0.298 e. The van der Waals surface area contributed by atoms with E-state index in [1.54, 1.807) is 4.68 Å². The molecule has 2 rings (SSSR count). The van der Waals surface area contributed by atoms with Crippen LogP contribution in [0, 0.1) is 0 Å². The van der Waals surface area contributed by atoms with Gasteiger partial charge in [-0.25, -0.2) is 4.68 Å². The smallest absolute Gasteiger partial charge is 0.298 e. The molecule has 1 heterocycles. The molecule has 0 radical (unpaired) electrons.